The molecule has 2 aliphatic heterocycles. The Kier molecular flexibility index (Phi) is 7.07. The van der Waals surface area contributed by atoms with E-state index in [1.165, 1.54) is 0 Å². The molecule has 1 spiro atoms. The molecule has 2 aliphatic rings. The van der Waals surface area contributed by atoms with Gasteiger partial charge in [-0.05, 0) is 0 Å². The number of esters is 1. The third-order valence-corrected chi connectivity index (χ3v) is 4.85. The average Bonchev–Trinajstić information content (AvgIpc) is 2.60. The summed E-state index contributed by atoms with van der Waals surface area (Å²) in [7, 11) is 1.68. The summed E-state index contributed by atoms with van der Waals surface area (Å²) in [6, 6.07) is 0. The first kappa shape index (κ1) is 21.6. The van der Waals surface area contributed by atoms with Gasteiger partial charge in [0.2, 0.25) is 0 Å². The van der Waals surface area contributed by atoms with E-state index >= 15 is 0 Å². The van der Waals surface area contributed by atoms with Crippen LogP contribution in [0.5, 0.6) is 0 Å². The molecule has 0 aromatic rings. The predicted octanol–water partition coefficient (Wildman–Crippen LogP) is 2.37. The zero-order chi connectivity index (χ0) is 19.4. The molecule has 2 heterocycles. The SMILES string of the molecule is CCC(=O)OCC(C)(C)C1OCC2(COC(C(C)(C)COC)OC2)CO1. The van der Waals surface area contributed by atoms with Crippen LogP contribution >= 0.6 is 0 Å². The van der Waals surface area contributed by atoms with Crippen LogP contribution in [0.15, 0.2) is 0 Å². The van der Waals surface area contributed by atoms with Crippen molar-refractivity contribution >= 4 is 5.97 Å². The smallest absolute Gasteiger partial charge is 0.305 e. The van der Waals surface area contributed by atoms with Gasteiger partial charge in [0.05, 0.1) is 38.4 Å². The van der Waals surface area contributed by atoms with Crippen molar-refractivity contribution in [2.45, 2.75) is 53.6 Å². The van der Waals surface area contributed by atoms with Crippen LogP contribution in [0.2, 0.25) is 0 Å². The van der Waals surface area contributed by atoms with E-state index in [1.807, 2.05) is 13.8 Å². The van der Waals surface area contributed by atoms with Crippen LogP contribution in [0.4, 0.5) is 0 Å². The van der Waals surface area contributed by atoms with Crippen LogP contribution in [0.3, 0.4) is 0 Å². The van der Waals surface area contributed by atoms with Crippen molar-refractivity contribution in [2.24, 2.45) is 16.2 Å². The highest BCUT2D eigenvalue weighted by molar-refractivity contribution is 5.68. The number of carbonyl (C=O) groups is 1. The Bertz CT molecular complexity index is 457. The Hall–Kier alpha value is -0.730. The van der Waals surface area contributed by atoms with Crippen LogP contribution in [-0.4, -0.2) is 65.3 Å². The fraction of sp³-hybridized carbons (Fsp3) is 0.947. The fourth-order valence-corrected chi connectivity index (χ4v) is 3.14. The first-order valence-electron chi connectivity index (χ1n) is 9.25. The number of carbonyl (C=O) groups excluding carboxylic acids is 1. The van der Waals surface area contributed by atoms with E-state index in [9.17, 15) is 4.79 Å². The Morgan fingerprint density at radius 3 is 1.73 bits per heavy atom. The monoisotopic (exact) mass is 374 g/mol. The highest BCUT2D eigenvalue weighted by Gasteiger charge is 2.47. The Balaban J connectivity index is 1.84. The highest BCUT2D eigenvalue weighted by atomic mass is 16.7. The summed E-state index contributed by atoms with van der Waals surface area (Å²) < 4.78 is 34.4. The lowest BCUT2D eigenvalue weighted by Crippen LogP contribution is -2.57. The maximum Gasteiger partial charge on any atom is 0.305 e. The summed E-state index contributed by atoms with van der Waals surface area (Å²) in [6.07, 6.45) is -0.378. The van der Waals surface area contributed by atoms with Crippen LogP contribution in [0, 0.1) is 16.2 Å². The van der Waals surface area contributed by atoms with E-state index in [1.54, 1.807) is 14.0 Å². The van der Waals surface area contributed by atoms with Gasteiger partial charge in [-0.25, -0.2) is 0 Å². The minimum atomic E-state index is -0.430. The van der Waals surface area contributed by atoms with Gasteiger partial charge < -0.3 is 28.4 Å². The summed E-state index contributed by atoms with van der Waals surface area (Å²) in [6.45, 7) is 12.7. The largest absolute Gasteiger partial charge is 0.465 e. The molecule has 0 radical (unpaired) electrons. The quantitative estimate of drug-likeness (QED) is 0.634. The zero-order valence-corrected chi connectivity index (χ0v) is 17.0. The molecule has 2 saturated heterocycles. The normalized spacial score (nSPS) is 30.4. The van der Waals surface area contributed by atoms with Crippen LogP contribution < -0.4 is 0 Å². The van der Waals surface area contributed by atoms with Crippen molar-refractivity contribution in [1.82, 2.24) is 0 Å². The number of methoxy groups -OCH3 is 1. The second-order valence-electron chi connectivity index (χ2n) is 8.83. The molecule has 152 valence electrons. The van der Waals surface area contributed by atoms with E-state index in [0.29, 0.717) is 39.5 Å². The van der Waals surface area contributed by atoms with Gasteiger partial charge in [0.25, 0.3) is 0 Å². The maximum atomic E-state index is 11.4. The lowest BCUT2D eigenvalue weighted by atomic mass is 9.86. The molecule has 0 unspecified atom stereocenters. The van der Waals surface area contributed by atoms with E-state index < -0.39 is 11.7 Å². The van der Waals surface area contributed by atoms with Crippen molar-refractivity contribution in [1.29, 1.82) is 0 Å². The molecule has 2 rings (SSSR count). The molecule has 26 heavy (non-hydrogen) atoms. The molecule has 7 heteroatoms. The van der Waals surface area contributed by atoms with Crippen molar-refractivity contribution in [3.05, 3.63) is 0 Å². The van der Waals surface area contributed by atoms with Gasteiger partial charge in [-0.2, -0.15) is 0 Å². The Morgan fingerprint density at radius 2 is 1.35 bits per heavy atom. The maximum absolute atomic E-state index is 11.4. The molecule has 0 N–H and O–H groups in total. The molecular formula is C19H34O7. The van der Waals surface area contributed by atoms with Gasteiger partial charge in [-0.15, -0.1) is 0 Å². The molecule has 0 aromatic carbocycles. The van der Waals surface area contributed by atoms with Crippen LogP contribution in [0.1, 0.15) is 41.0 Å². The molecular weight excluding hydrogens is 340 g/mol. The lowest BCUT2D eigenvalue weighted by Gasteiger charge is -2.48. The molecule has 0 bridgehead atoms. The van der Waals surface area contributed by atoms with Crippen LogP contribution in [-0.2, 0) is 33.2 Å². The first-order valence-corrected chi connectivity index (χ1v) is 9.25. The van der Waals surface area contributed by atoms with Crippen molar-refractivity contribution < 1.29 is 33.2 Å². The standard InChI is InChI=1S/C19H34O7/c1-7-14(20)22-9-18(4,5)16-25-12-19(13-26-16)10-23-15(24-11-19)17(2,3)8-21-6/h15-16H,7-13H2,1-6H3. The van der Waals surface area contributed by atoms with Crippen molar-refractivity contribution in [3.63, 3.8) is 0 Å². The van der Waals surface area contributed by atoms with E-state index in [-0.39, 0.29) is 29.7 Å². The van der Waals surface area contributed by atoms with E-state index in [4.69, 9.17) is 28.4 Å². The van der Waals surface area contributed by atoms with Gasteiger partial charge >= 0.3 is 5.97 Å². The molecule has 0 aromatic heterocycles. The summed E-state index contributed by atoms with van der Waals surface area (Å²) >= 11 is 0. The summed E-state index contributed by atoms with van der Waals surface area (Å²) in [5, 5.41) is 0. The summed E-state index contributed by atoms with van der Waals surface area (Å²) in [5.74, 6) is -0.218. The minimum absolute atomic E-state index is 0.218. The summed E-state index contributed by atoms with van der Waals surface area (Å²) in [4.78, 5) is 11.4. The molecule has 2 fully saturated rings. The van der Waals surface area contributed by atoms with Gasteiger partial charge in [0, 0.05) is 24.4 Å². The van der Waals surface area contributed by atoms with Crippen LogP contribution in [0.25, 0.3) is 0 Å². The zero-order valence-electron chi connectivity index (χ0n) is 17.0. The van der Waals surface area contributed by atoms with E-state index in [0.717, 1.165) is 0 Å². The van der Waals surface area contributed by atoms with Gasteiger partial charge in [-0.1, -0.05) is 34.6 Å². The third kappa shape index (κ3) is 5.16. The highest BCUT2D eigenvalue weighted by Crippen LogP contribution is 2.38. The van der Waals surface area contributed by atoms with Gasteiger partial charge in [0.15, 0.2) is 12.6 Å². The second kappa shape index (κ2) is 8.52. The van der Waals surface area contributed by atoms with Crippen molar-refractivity contribution in [3.8, 4) is 0 Å². The van der Waals surface area contributed by atoms with E-state index in [2.05, 4.69) is 13.8 Å². The third-order valence-electron chi connectivity index (χ3n) is 4.85. The number of rotatable bonds is 7. The molecule has 7 nitrogen and oxygen atoms in total. The first-order chi connectivity index (χ1) is 12.1. The Morgan fingerprint density at radius 1 is 0.923 bits per heavy atom. The number of hydrogen-bond donors (Lipinski definition) is 0. The topological polar surface area (TPSA) is 72.5 Å². The van der Waals surface area contributed by atoms with Gasteiger partial charge in [-0.3, -0.25) is 4.79 Å². The average molecular weight is 374 g/mol. The number of hydrogen-bond acceptors (Lipinski definition) is 7. The number of ether oxygens (including phenoxy) is 6. The van der Waals surface area contributed by atoms with Gasteiger partial charge in [0.1, 0.15) is 6.61 Å². The molecule has 0 atom stereocenters. The lowest BCUT2D eigenvalue weighted by molar-refractivity contribution is -0.337. The fourth-order valence-electron chi connectivity index (χ4n) is 3.14. The second-order valence-corrected chi connectivity index (χ2v) is 8.83. The molecule has 0 amide bonds. The summed E-state index contributed by atoms with van der Waals surface area (Å²) in [5.41, 5.74) is -0.946. The predicted molar refractivity (Wildman–Crippen MR) is 94.5 cm³/mol. The molecule has 0 saturated carbocycles. The molecule has 0 aliphatic carbocycles. The Labute approximate surface area is 156 Å². The minimum Gasteiger partial charge on any atom is -0.465 e. The van der Waals surface area contributed by atoms with Crippen molar-refractivity contribution in [2.75, 3.05) is 46.8 Å².